The Hall–Kier alpha value is -1.38. The van der Waals surface area contributed by atoms with Gasteiger partial charge < -0.3 is 9.84 Å². The molecular weight excluding hydrogens is 236 g/mol. The zero-order valence-corrected chi connectivity index (χ0v) is 11.7. The molecule has 2 rings (SSSR count). The first-order valence-corrected chi connectivity index (χ1v) is 6.86. The molecule has 2 aromatic carbocycles. The van der Waals surface area contributed by atoms with Crippen LogP contribution in [0.1, 0.15) is 18.9 Å². The Balaban J connectivity index is 2.12. The van der Waals surface area contributed by atoms with Gasteiger partial charge in [-0.2, -0.15) is 0 Å². The van der Waals surface area contributed by atoms with Crippen molar-refractivity contribution >= 4 is 10.8 Å². The molecule has 0 aliphatic carbocycles. The minimum atomic E-state index is -0.319. The Bertz CT molecular complexity index is 516. The third-order valence-corrected chi connectivity index (χ3v) is 3.74. The van der Waals surface area contributed by atoms with Gasteiger partial charge in [0, 0.05) is 13.7 Å². The molecular formula is C17H22O2. The lowest BCUT2D eigenvalue weighted by Gasteiger charge is -2.19. The molecule has 2 unspecified atom stereocenters. The van der Waals surface area contributed by atoms with Gasteiger partial charge in [-0.15, -0.1) is 0 Å². The molecule has 2 heteroatoms. The molecule has 1 N–H and O–H groups in total. The van der Waals surface area contributed by atoms with Crippen LogP contribution in [0.2, 0.25) is 0 Å². The third kappa shape index (κ3) is 3.55. The van der Waals surface area contributed by atoms with E-state index < -0.39 is 0 Å². The number of aliphatic hydroxyl groups is 1. The van der Waals surface area contributed by atoms with E-state index in [1.807, 2.05) is 12.1 Å². The molecule has 2 atom stereocenters. The minimum Gasteiger partial charge on any atom is -0.393 e. The monoisotopic (exact) mass is 258 g/mol. The molecule has 0 fully saturated rings. The van der Waals surface area contributed by atoms with Crippen molar-refractivity contribution in [3.05, 3.63) is 48.0 Å². The number of aliphatic hydroxyl groups excluding tert-OH is 1. The lowest BCUT2D eigenvalue weighted by Crippen LogP contribution is -2.21. The van der Waals surface area contributed by atoms with E-state index >= 15 is 0 Å². The highest BCUT2D eigenvalue weighted by Crippen LogP contribution is 2.22. The molecule has 0 aliphatic heterocycles. The number of hydrogen-bond acceptors (Lipinski definition) is 2. The van der Waals surface area contributed by atoms with Gasteiger partial charge in [0.25, 0.3) is 0 Å². The molecule has 0 radical (unpaired) electrons. The molecule has 0 saturated carbocycles. The van der Waals surface area contributed by atoms with E-state index in [1.165, 1.54) is 16.3 Å². The molecule has 0 aliphatic rings. The van der Waals surface area contributed by atoms with Gasteiger partial charge in [0.1, 0.15) is 0 Å². The second-order valence-electron chi connectivity index (χ2n) is 5.17. The maximum atomic E-state index is 10.3. The number of rotatable bonds is 6. The largest absolute Gasteiger partial charge is 0.393 e. The van der Waals surface area contributed by atoms with Crippen LogP contribution in [0.4, 0.5) is 0 Å². The summed E-state index contributed by atoms with van der Waals surface area (Å²) in [6, 6.07) is 14.6. The van der Waals surface area contributed by atoms with Crippen LogP contribution in [0.3, 0.4) is 0 Å². The Kier molecular flexibility index (Phi) is 4.94. The Labute approximate surface area is 115 Å². The highest BCUT2D eigenvalue weighted by Gasteiger charge is 2.15. The van der Waals surface area contributed by atoms with E-state index in [4.69, 9.17) is 4.74 Å². The number of fused-ring (bicyclic) bond motifs is 1. The predicted molar refractivity (Wildman–Crippen MR) is 79.3 cm³/mol. The molecule has 0 aromatic heterocycles. The number of methoxy groups -OCH3 is 1. The maximum absolute atomic E-state index is 10.3. The van der Waals surface area contributed by atoms with Crippen LogP contribution in [0, 0.1) is 5.92 Å². The van der Waals surface area contributed by atoms with Gasteiger partial charge in [0.15, 0.2) is 0 Å². The predicted octanol–water partition coefficient (Wildman–Crippen LogP) is 3.42. The van der Waals surface area contributed by atoms with Gasteiger partial charge in [-0.1, -0.05) is 49.4 Å². The maximum Gasteiger partial charge on any atom is 0.0607 e. The van der Waals surface area contributed by atoms with Crippen molar-refractivity contribution in [2.75, 3.05) is 13.7 Å². The van der Waals surface area contributed by atoms with Crippen LogP contribution in [-0.2, 0) is 11.2 Å². The fraction of sp³-hybridized carbons (Fsp3) is 0.412. The van der Waals surface area contributed by atoms with Crippen molar-refractivity contribution in [3.63, 3.8) is 0 Å². The van der Waals surface area contributed by atoms with Crippen molar-refractivity contribution < 1.29 is 9.84 Å². The zero-order valence-electron chi connectivity index (χ0n) is 11.7. The molecule has 0 spiro atoms. The van der Waals surface area contributed by atoms with Gasteiger partial charge in [-0.3, -0.25) is 0 Å². The third-order valence-electron chi connectivity index (χ3n) is 3.74. The van der Waals surface area contributed by atoms with Crippen LogP contribution in [-0.4, -0.2) is 24.9 Å². The van der Waals surface area contributed by atoms with E-state index in [1.54, 1.807) is 7.11 Å². The Morgan fingerprint density at radius 1 is 1.11 bits per heavy atom. The van der Waals surface area contributed by atoms with E-state index in [0.717, 1.165) is 6.42 Å². The van der Waals surface area contributed by atoms with E-state index in [0.29, 0.717) is 13.0 Å². The van der Waals surface area contributed by atoms with Crippen molar-refractivity contribution in [1.82, 2.24) is 0 Å². The van der Waals surface area contributed by atoms with Gasteiger partial charge in [-0.05, 0) is 35.1 Å². The summed E-state index contributed by atoms with van der Waals surface area (Å²) < 4.78 is 5.07. The first kappa shape index (κ1) is 14.0. The SMILES string of the molecule is COCCC(C)C(O)Cc1cccc2ccccc12. The van der Waals surface area contributed by atoms with Crippen LogP contribution >= 0.6 is 0 Å². The molecule has 0 bridgehead atoms. The topological polar surface area (TPSA) is 29.5 Å². The number of hydrogen-bond donors (Lipinski definition) is 1. The standard InChI is InChI=1S/C17H22O2/c1-13(10-11-19-2)17(18)12-15-8-5-7-14-6-3-4-9-16(14)15/h3-9,13,17-18H,10-12H2,1-2H3. The van der Waals surface area contributed by atoms with E-state index in [2.05, 4.69) is 37.3 Å². The molecule has 0 amide bonds. The molecule has 2 nitrogen and oxygen atoms in total. The summed E-state index contributed by atoms with van der Waals surface area (Å²) in [4.78, 5) is 0. The quantitative estimate of drug-likeness (QED) is 0.860. The second-order valence-corrected chi connectivity index (χ2v) is 5.17. The lowest BCUT2D eigenvalue weighted by atomic mass is 9.93. The second kappa shape index (κ2) is 6.69. The summed E-state index contributed by atoms with van der Waals surface area (Å²) in [5.41, 5.74) is 1.22. The summed E-state index contributed by atoms with van der Waals surface area (Å²) in [6.45, 7) is 2.78. The average Bonchev–Trinajstić information content (AvgIpc) is 2.45. The molecule has 102 valence electrons. The molecule has 0 heterocycles. The van der Waals surface area contributed by atoms with Gasteiger partial charge in [0.05, 0.1) is 6.10 Å². The molecule has 2 aromatic rings. The smallest absolute Gasteiger partial charge is 0.0607 e. The van der Waals surface area contributed by atoms with Gasteiger partial charge in [0.2, 0.25) is 0 Å². The lowest BCUT2D eigenvalue weighted by molar-refractivity contribution is 0.0889. The normalized spacial score (nSPS) is 14.5. The van der Waals surface area contributed by atoms with Gasteiger partial charge in [-0.25, -0.2) is 0 Å². The average molecular weight is 258 g/mol. The van der Waals surface area contributed by atoms with Crippen LogP contribution in [0.5, 0.6) is 0 Å². The Morgan fingerprint density at radius 3 is 2.63 bits per heavy atom. The van der Waals surface area contributed by atoms with Crippen LogP contribution in [0.25, 0.3) is 10.8 Å². The molecule has 19 heavy (non-hydrogen) atoms. The van der Waals surface area contributed by atoms with Crippen molar-refractivity contribution in [2.45, 2.75) is 25.9 Å². The Morgan fingerprint density at radius 2 is 1.84 bits per heavy atom. The number of benzene rings is 2. The zero-order chi connectivity index (χ0) is 13.7. The first-order valence-electron chi connectivity index (χ1n) is 6.86. The van der Waals surface area contributed by atoms with Crippen molar-refractivity contribution in [1.29, 1.82) is 0 Å². The van der Waals surface area contributed by atoms with Crippen molar-refractivity contribution in [2.24, 2.45) is 5.92 Å². The van der Waals surface area contributed by atoms with Crippen LogP contribution in [0.15, 0.2) is 42.5 Å². The van der Waals surface area contributed by atoms with E-state index in [9.17, 15) is 5.11 Å². The summed E-state index contributed by atoms with van der Waals surface area (Å²) in [7, 11) is 1.70. The summed E-state index contributed by atoms with van der Waals surface area (Å²) in [5.74, 6) is 0.249. The molecule has 0 saturated heterocycles. The summed E-state index contributed by atoms with van der Waals surface area (Å²) in [6.07, 6.45) is 1.27. The highest BCUT2D eigenvalue weighted by molar-refractivity contribution is 5.85. The van der Waals surface area contributed by atoms with Crippen molar-refractivity contribution in [3.8, 4) is 0 Å². The fourth-order valence-electron chi connectivity index (χ4n) is 2.39. The number of ether oxygens (including phenoxy) is 1. The highest BCUT2D eigenvalue weighted by atomic mass is 16.5. The summed E-state index contributed by atoms with van der Waals surface area (Å²) >= 11 is 0. The summed E-state index contributed by atoms with van der Waals surface area (Å²) in [5, 5.41) is 12.8. The first-order chi connectivity index (χ1) is 9.22. The fourth-order valence-corrected chi connectivity index (χ4v) is 2.39. The van der Waals surface area contributed by atoms with E-state index in [-0.39, 0.29) is 12.0 Å². The minimum absolute atomic E-state index is 0.249. The van der Waals surface area contributed by atoms with Crippen LogP contribution < -0.4 is 0 Å². The van der Waals surface area contributed by atoms with Gasteiger partial charge >= 0.3 is 0 Å².